The highest BCUT2D eigenvalue weighted by Gasteiger charge is 2.22. The van der Waals surface area contributed by atoms with Crippen molar-refractivity contribution in [2.24, 2.45) is 0 Å². The Balaban J connectivity index is 1.78. The van der Waals surface area contributed by atoms with E-state index >= 15 is 0 Å². The minimum atomic E-state index is -0.525. The van der Waals surface area contributed by atoms with Gasteiger partial charge in [-0.1, -0.05) is 15.9 Å². The van der Waals surface area contributed by atoms with Gasteiger partial charge in [0.2, 0.25) is 5.88 Å². The molecule has 0 spiro atoms. The zero-order valence-corrected chi connectivity index (χ0v) is 13.7. The van der Waals surface area contributed by atoms with Crippen LogP contribution in [0.2, 0.25) is 0 Å². The van der Waals surface area contributed by atoms with Crippen molar-refractivity contribution in [3.05, 3.63) is 52.4 Å². The van der Waals surface area contributed by atoms with Crippen LogP contribution in [0.4, 0.5) is 10.1 Å². The quantitative estimate of drug-likeness (QED) is 0.882. The summed E-state index contributed by atoms with van der Waals surface area (Å²) in [6.07, 6.45) is 2.17. The fourth-order valence-electron chi connectivity index (χ4n) is 2.20. The lowest BCUT2D eigenvalue weighted by Gasteiger charge is -2.14. The lowest BCUT2D eigenvalue weighted by Crippen LogP contribution is -2.20. The predicted octanol–water partition coefficient (Wildman–Crippen LogP) is 3.40. The highest BCUT2D eigenvalue weighted by atomic mass is 79.9. The summed E-state index contributed by atoms with van der Waals surface area (Å²) >= 11 is 3.17. The Hall–Kier alpha value is -1.99. The normalized spacial score (nSPS) is 17.0. The van der Waals surface area contributed by atoms with Gasteiger partial charge >= 0.3 is 0 Å². The van der Waals surface area contributed by atoms with Crippen LogP contribution >= 0.6 is 15.9 Å². The summed E-state index contributed by atoms with van der Waals surface area (Å²) in [6.45, 7) is 1.10. The van der Waals surface area contributed by atoms with Crippen molar-refractivity contribution in [1.82, 2.24) is 4.98 Å². The second kappa shape index (κ2) is 7.06. The van der Waals surface area contributed by atoms with E-state index in [1.54, 1.807) is 24.4 Å². The third-order valence-electron chi connectivity index (χ3n) is 3.36. The third kappa shape index (κ3) is 3.86. The molecule has 1 saturated heterocycles. The molecule has 2 heterocycles. The minimum Gasteiger partial charge on any atom is -0.471 e. The van der Waals surface area contributed by atoms with Crippen molar-refractivity contribution in [3.8, 4) is 5.88 Å². The fourth-order valence-corrected chi connectivity index (χ4v) is 2.53. The lowest BCUT2D eigenvalue weighted by atomic mass is 10.2. The van der Waals surface area contributed by atoms with Crippen LogP contribution < -0.4 is 10.1 Å². The number of aromatic nitrogens is 1. The first-order valence-electron chi connectivity index (χ1n) is 7.09. The van der Waals surface area contributed by atoms with Crippen LogP contribution in [0.1, 0.15) is 16.8 Å². The van der Waals surface area contributed by atoms with E-state index < -0.39 is 11.7 Å². The summed E-state index contributed by atoms with van der Waals surface area (Å²) in [5.74, 6) is -0.783. The number of benzene rings is 1. The molecule has 0 aliphatic carbocycles. The third-order valence-corrected chi connectivity index (χ3v) is 3.85. The minimum absolute atomic E-state index is 0.0946. The molecule has 0 bridgehead atoms. The Kier molecular flexibility index (Phi) is 4.88. The number of amides is 1. The molecule has 1 aromatic carbocycles. The van der Waals surface area contributed by atoms with Crippen LogP contribution in [0.5, 0.6) is 5.88 Å². The van der Waals surface area contributed by atoms with Crippen LogP contribution in [0.25, 0.3) is 0 Å². The summed E-state index contributed by atoms with van der Waals surface area (Å²) in [4.78, 5) is 16.5. The molecule has 7 heteroatoms. The molecule has 2 aromatic rings. The number of rotatable bonds is 4. The second-order valence-corrected chi connectivity index (χ2v) is 5.95. The number of carbonyl (C=O) groups excluding carboxylic acids is 1. The molecule has 1 aromatic heterocycles. The van der Waals surface area contributed by atoms with Gasteiger partial charge in [-0.25, -0.2) is 9.37 Å². The van der Waals surface area contributed by atoms with Gasteiger partial charge in [0.05, 0.1) is 18.9 Å². The average molecular weight is 381 g/mol. The van der Waals surface area contributed by atoms with E-state index in [0.29, 0.717) is 17.7 Å². The van der Waals surface area contributed by atoms with Crippen molar-refractivity contribution in [3.63, 3.8) is 0 Å². The zero-order valence-electron chi connectivity index (χ0n) is 12.1. The first-order valence-corrected chi connectivity index (χ1v) is 7.88. The fraction of sp³-hybridized carbons (Fsp3) is 0.250. The van der Waals surface area contributed by atoms with E-state index in [9.17, 15) is 9.18 Å². The smallest absolute Gasteiger partial charge is 0.261 e. The number of carbonyl (C=O) groups is 1. The maximum atomic E-state index is 13.8. The van der Waals surface area contributed by atoms with Crippen LogP contribution in [0.3, 0.4) is 0 Å². The van der Waals surface area contributed by atoms with Crippen LogP contribution in [-0.4, -0.2) is 30.2 Å². The van der Waals surface area contributed by atoms with Gasteiger partial charge in [0.25, 0.3) is 5.91 Å². The van der Waals surface area contributed by atoms with Crippen molar-refractivity contribution in [2.45, 2.75) is 12.5 Å². The molecule has 1 fully saturated rings. The molecule has 0 radical (unpaired) electrons. The molecule has 1 N–H and O–H groups in total. The molecule has 1 amide bonds. The van der Waals surface area contributed by atoms with Gasteiger partial charge < -0.3 is 14.8 Å². The van der Waals surface area contributed by atoms with E-state index in [-0.39, 0.29) is 23.2 Å². The van der Waals surface area contributed by atoms with Gasteiger partial charge in [-0.2, -0.15) is 0 Å². The molecular formula is C16H14BrFN2O3. The van der Waals surface area contributed by atoms with Gasteiger partial charge in [0.1, 0.15) is 17.5 Å². The molecule has 0 unspecified atom stereocenters. The summed E-state index contributed by atoms with van der Waals surface area (Å²) in [5.41, 5.74) is 0.346. The topological polar surface area (TPSA) is 60.5 Å². The molecule has 1 aliphatic heterocycles. The van der Waals surface area contributed by atoms with E-state index in [0.717, 1.165) is 6.42 Å². The second-order valence-electron chi connectivity index (χ2n) is 5.04. The Morgan fingerprint density at radius 3 is 3.04 bits per heavy atom. The van der Waals surface area contributed by atoms with Crippen LogP contribution in [0.15, 0.2) is 41.0 Å². The highest BCUT2D eigenvalue weighted by molar-refractivity contribution is 9.10. The van der Waals surface area contributed by atoms with Gasteiger partial charge in [0.15, 0.2) is 0 Å². The number of nitrogens with one attached hydrogen (secondary N) is 1. The van der Waals surface area contributed by atoms with Crippen LogP contribution in [0, 0.1) is 5.82 Å². The number of ether oxygens (including phenoxy) is 2. The number of nitrogens with zero attached hydrogens (tertiary/aromatic N) is 1. The molecule has 1 aliphatic rings. The van der Waals surface area contributed by atoms with Crippen molar-refractivity contribution >= 4 is 27.5 Å². The molecule has 3 rings (SSSR count). The van der Waals surface area contributed by atoms with Gasteiger partial charge in [-0.3, -0.25) is 4.79 Å². The summed E-state index contributed by atoms with van der Waals surface area (Å²) in [7, 11) is 0. The Morgan fingerprint density at radius 1 is 1.43 bits per heavy atom. The van der Waals surface area contributed by atoms with E-state index in [4.69, 9.17) is 9.47 Å². The maximum absolute atomic E-state index is 13.8. The summed E-state index contributed by atoms with van der Waals surface area (Å²) in [6, 6.07) is 7.63. The largest absolute Gasteiger partial charge is 0.471 e. The standard InChI is InChI=1S/C16H14BrFN2O3/c17-10-3-4-14(13(18)8-10)20-15(21)12-2-1-6-19-16(12)23-11-5-7-22-9-11/h1-4,6,8,11H,5,7,9H2,(H,20,21)/t11-/m0/s1. The maximum Gasteiger partial charge on any atom is 0.261 e. The number of hydrogen-bond acceptors (Lipinski definition) is 4. The zero-order chi connectivity index (χ0) is 16.2. The van der Waals surface area contributed by atoms with Gasteiger partial charge in [-0.15, -0.1) is 0 Å². The number of pyridine rings is 1. The van der Waals surface area contributed by atoms with E-state index in [2.05, 4.69) is 26.2 Å². The SMILES string of the molecule is O=C(Nc1ccc(Br)cc1F)c1cccnc1O[C@H]1CCOC1. The molecule has 0 saturated carbocycles. The average Bonchev–Trinajstić information content (AvgIpc) is 3.03. The first kappa shape index (κ1) is 15.9. The number of anilines is 1. The highest BCUT2D eigenvalue weighted by Crippen LogP contribution is 2.23. The predicted molar refractivity (Wildman–Crippen MR) is 86.1 cm³/mol. The van der Waals surface area contributed by atoms with Gasteiger partial charge in [0, 0.05) is 17.1 Å². The van der Waals surface area contributed by atoms with Crippen molar-refractivity contribution < 1.29 is 18.7 Å². The Morgan fingerprint density at radius 2 is 2.30 bits per heavy atom. The van der Waals surface area contributed by atoms with Crippen LogP contribution in [-0.2, 0) is 4.74 Å². The lowest BCUT2D eigenvalue weighted by molar-refractivity contribution is 0.101. The van der Waals surface area contributed by atoms with Gasteiger partial charge in [-0.05, 0) is 30.3 Å². The molecule has 1 atom stereocenters. The Bertz CT molecular complexity index is 720. The number of halogens is 2. The van der Waals surface area contributed by atoms with E-state index in [1.807, 2.05) is 0 Å². The van der Waals surface area contributed by atoms with E-state index in [1.165, 1.54) is 12.1 Å². The van der Waals surface area contributed by atoms with Crippen molar-refractivity contribution in [1.29, 1.82) is 0 Å². The molecule has 23 heavy (non-hydrogen) atoms. The molecule has 5 nitrogen and oxygen atoms in total. The van der Waals surface area contributed by atoms with Crippen molar-refractivity contribution in [2.75, 3.05) is 18.5 Å². The summed E-state index contributed by atoms with van der Waals surface area (Å²) in [5, 5.41) is 2.53. The number of hydrogen-bond donors (Lipinski definition) is 1. The Labute approximate surface area is 140 Å². The monoisotopic (exact) mass is 380 g/mol. The first-order chi connectivity index (χ1) is 11.1. The molecular weight excluding hydrogens is 367 g/mol. The molecule has 120 valence electrons. The summed E-state index contributed by atoms with van der Waals surface area (Å²) < 4.78 is 25.4.